The summed E-state index contributed by atoms with van der Waals surface area (Å²) in [5.74, 6) is 0.200. The van der Waals surface area contributed by atoms with E-state index in [2.05, 4.69) is 44.3 Å². The number of amides is 1. The maximum absolute atomic E-state index is 11.3. The summed E-state index contributed by atoms with van der Waals surface area (Å²) in [6.07, 6.45) is 2.10. The predicted octanol–water partition coefficient (Wildman–Crippen LogP) is 2.96. The Morgan fingerprint density at radius 2 is 1.90 bits per heavy atom. The van der Waals surface area contributed by atoms with Crippen LogP contribution in [0.4, 0.5) is 0 Å². The summed E-state index contributed by atoms with van der Waals surface area (Å²) in [6.45, 7) is 9.96. The van der Waals surface area contributed by atoms with Gasteiger partial charge in [0.2, 0.25) is 5.91 Å². The second-order valence-electron chi connectivity index (χ2n) is 6.01. The van der Waals surface area contributed by atoms with E-state index in [4.69, 9.17) is 0 Å². The lowest BCUT2D eigenvalue weighted by Gasteiger charge is -2.33. The van der Waals surface area contributed by atoms with Gasteiger partial charge in [-0.3, -0.25) is 4.79 Å². The van der Waals surface area contributed by atoms with Gasteiger partial charge in [0.05, 0.1) is 0 Å². The van der Waals surface area contributed by atoms with Crippen molar-refractivity contribution in [3.63, 3.8) is 0 Å². The number of aryl methyl sites for hydroxylation is 2. The first kappa shape index (κ1) is 15.0. The van der Waals surface area contributed by atoms with Crippen LogP contribution in [0.3, 0.4) is 0 Å². The molecule has 20 heavy (non-hydrogen) atoms. The van der Waals surface area contributed by atoms with Crippen LogP contribution in [-0.4, -0.2) is 29.9 Å². The Bertz CT molecular complexity index is 476. The number of carbonyl (C=O) groups excluding carboxylic acids is 1. The predicted molar refractivity (Wildman–Crippen MR) is 82.7 cm³/mol. The summed E-state index contributed by atoms with van der Waals surface area (Å²) in [7, 11) is 0. The quantitative estimate of drug-likeness (QED) is 0.919. The summed E-state index contributed by atoms with van der Waals surface area (Å²) >= 11 is 0. The fourth-order valence-electron chi connectivity index (χ4n) is 2.84. The minimum atomic E-state index is 0.200. The van der Waals surface area contributed by atoms with Crippen molar-refractivity contribution in [1.29, 1.82) is 0 Å². The van der Waals surface area contributed by atoms with Gasteiger partial charge in [0.15, 0.2) is 0 Å². The molecule has 0 saturated carbocycles. The van der Waals surface area contributed by atoms with Crippen LogP contribution >= 0.6 is 0 Å². The standard InChI is InChI=1S/C17H26N2O/c1-12-5-6-16(11-13(12)2)14(3)18-17-7-9-19(10-8-17)15(4)20/h5-6,11,14,17-18H,7-10H2,1-4H3. The van der Waals surface area contributed by atoms with Crippen LogP contribution in [0, 0.1) is 13.8 Å². The smallest absolute Gasteiger partial charge is 0.219 e. The highest BCUT2D eigenvalue weighted by Gasteiger charge is 2.22. The van der Waals surface area contributed by atoms with E-state index in [0.29, 0.717) is 12.1 Å². The van der Waals surface area contributed by atoms with Crippen LogP contribution < -0.4 is 5.32 Å². The SMILES string of the molecule is CC(=O)N1CCC(NC(C)c2ccc(C)c(C)c2)CC1. The Labute approximate surface area is 122 Å². The summed E-state index contributed by atoms with van der Waals surface area (Å²) < 4.78 is 0. The largest absolute Gasteiger partial charge is 0.343 e. The monoisotopic (exact) mass is 274 g/mol. The van der Waals surface area contributed by atoms with Gasteiger partial charge in [-0.15, -0.1) is 0 Å². The van der Waals surface area contributed by atoms with Gasteiger partial charge >= 0.3 is 0 Å². The molecule has 1 heterocycles. The minimum Gasteiger partial charge on any atom is -0.343 e. The Morgan fingerprint density at radius 3 is 2.45 bits per heavy atom. The normalized spacial score (nSPS) is 18.1. The number of likely N-dealkylation sites (tertiary alicyclic amines) is 1. The van der Waals surface area contributed by atoms with Crippen LogP contribution in [0.1, 0.15) is 49.4 Å². The third-order valence-corrected chi connectivity index (χ3v) is 4.46. The second-order valence-corrected chi connectivity index (χ2v) is 6.01. The van der Waals surface area contributed by atoms with Gasteiger partial charge in [-0.1, -0.05) is 18.2 Å². The summed E-state index contributed by atoms with van der Waals surface area (Å²) in [6, 6.07) is 7.56. The van der Waals surface area contributed by atoms with Gasteiger partial charge < -0.3 is 10.2 Å². The van der Waals surface area contributed by atoms with E-state index in [0.717, 1.165) is 25.9 Å². The molecule has 1 aliphatic heterocycles. The zero-order valence-corrected chi connectivity index (χ0v) is 13.1. The maximum atomic E-state index is 11.3. The van der Waals surface area contributed by atoms with Crippen molar-refractivity contribution in [3.8, 4) is 0 Å². The van der Waals surface area contributed by atoms with Crippen molar-refractivity contribution in [2.24, 2.45) is 0 Å². The molecule has 2 rings (SSSR count). The number of benzene rings is 1. The van der Waals surface area contributed by atoms with Crippen molar-refractivity contribution >= 4 is 5.91 Å². The van der Waals surface area contributed by atoms with E-state index in [-0.39, 0.29) is 5.91 Å². The molecule has 0 spiro atoms. The van der Waals surface area contributed by atoms with Crippen molar-refractivity contribution in [2.45, 2.75) is 52.6 Å². The molecule has 1 aliphatic rings. The summed E-state index contributed by atoms with van der Waals surface area (Å²) in [5.41, 5.74) is 4.04. The number of nitrogens with one attached hydrogen (secondary N) is 1. The molecular formula is C17H26N2O. The van der Waals surface area contributed by atoms with Gasteiger partial charge in [-0.05, 0) is 50.3 Å². The first-order valence-corrected chi connectivity index (χ1v) is 7.56. The van der Waals surface area contributed by atoms with Crippen molar-refractivity contribution < 1.29 is 4.79 Å². The maximum Gasteiger partial charge on any atom is 0.219 e. The van der Waals surface area contributed by atoms with Crippen molar-refractivity contribution in [1.82, 2.24) is 10.2 Å². The lowest BCUT2D eigenvalue weighted by Crippen LogP contribution is -2.44. The van der Waals surface area contributed by atoms with E-state index in [1.807, 2.05) is 4.90 Å². The van der Waals surface area contributed by atoms with Gasteiger partial charge in [0, 0.05) is 32.1 Å². The number of nitrogens with zero attached hydrogens (tertiary/aromatic N) is 1. The molecule has 1 aromatic rings. The molecule has 0 radical (unpaired) electrons. The minimum absolute atomic E-state index is 0.200. The number of piperidine rings is 1. The second kappa shape index (κ2) is 6.40. The van der Waals surface area contributed by atoms with Crippen LogP contribution in [0.25, 0.3) is 0 Å². The lowest BCUT2D eigenvalue weighted by atomic mass is 9.99. The van der Waals surface area contributed by atoms with Gasteiger partial charge in [-0.2, -0.15) is 0 Å². The fraction of sp³-hybridized carbons (Fsp3) is 0.588. The Hall–Kier alpha value is -1.35. The Morgan fingerprint density at radius 1 is 1.25 bits per heavy atom. The molecule has 1 fully saturated rings. The lowest BCUT2D eigenvalue weighted by molar-refractivity contribution is -0.129. The average molecular weight is 274 g/mol. The van der Waals surface area contributed by atoms with E-state index in [1.54, 1.807) is 6.92 Å². The number of carbonyl (C=O) groups is 1. The van der Waals surface area contributed by atoms with Gasteiger partial charge in [0.1, 0.15) is 0 Å². The molecule has 0 bridgehead atoms. The summed E-state index contributed by atoms with van der Waals surface area (Å²) in [4.78, 5) is 13.3. The van der Waals surface area contributed by atoms with E-state index in [1.165, 1.54) is 16.7 Å². The van der Waals surface area contributed by atoms with Crippen LogP contribution in [0.2, 0.25) is 0 Å². The number of hydrogen-bond acceptors (Lipinski definition) is 2. The van der Waals surface area contributed by atoms with E-state index >= 15 is 0 Å². The molecular weight excluding hydrogens is 248 g/mol. The highest BCUT2D eigenvalue weighted by atomic mass is 16.2. The molecule has 1 N–H and O–H groups in total. The van der Waals surface area contributed by atoms with Crippen LogP contribution in [0.5, 0.6) is 0 Å². The van der Waals surface area contributed by atoms with E-state index in [9.17, 15) is 4.79 Å². The number of rotatable bonds is 3. The molecule has 1 aromatic carbocycles. The van der Waals surface area contributed by atoms with Gasteiger partial charge in [-0.25, -0.2) is 0 Å². The van der Waals surface area contributed by atoms with Gasteiger partial charge in [0.25, 0.3) is 0 Å². The van der Waals surface area contributed by atoms with Crippen molar-refractivity contribution in [2.75, 3.05) is 13.1 Å². The van der Waals surface area contributed by atoms with Crippen LogP contribution in [-0.2, 0) is 4.79 Å². The zero-order valence-electron chi connectivity index (χ0n) is 13.1. The Kier molecular flexibility index (Phi) is 4.81. The molecule has 0 aliphatic carbocycles. The molecule has 1 saturated heterocycles. The highest BCUT2D eigenvalue weighted by Crippen LogP contribution is 2.19. The fourth-order valence-corrected chi connectivity index (χ4v) is 2.84. The molecule has 0 aromatic heterocycles. The molecule has 1 unspecified atom stereocenters. The summed E-state index contributed by atoms with van der Waals surface area (Å²) in [5, 5.41) is 3.70. The molecule has 1 atom stereocenters. The third-order valence-electron chi connectivity index (χ3n) is 4.46. The molecule has 3 nitrogen and oxygen atoms in total. The van der Waals surface area contributed by atoms with E-state index < -0.39 is 0 Å². The van der Waals surface area contributed by atoms with Crippen molar-refractivity contribution in [3.05, 3.63) is 34.9 Å². The molecule has 1 amide bonds. The number of hydrogen-bond donors (Lipinski definition) is 1. The molecule has 3 heteroatoms. The highest BCUT2D eigenvalue weighted by molar-refractivity contribution is 5.73. The Balaban J connectivity index is 1.90. The van der Waals surface area contributed by atoms with Crippen LogP contribution in [0.15, 0.2) is 18.2 Å². The third kappa shape index (κ3) is 3.60. The first-order chi connectivity index (χ1) is 9.47. The first-order valence-electron chi connectivity index (χ1n) is 7.56. The zero-order chi connectivity index (χ0) is 14.7. The topological polar surface area (TPSA) is 32.3 Å². The average Bonchev–Trinajstić information content (AvgIpc) is 2.42. The molecule has 110 valence electrons.